The first-order valence-corrected chi connectivity index (χ1v) is 6.40. The Balaban J connectivity index is 2.04. The van der Waals surface area contributed by atoms with E-state index >= 15 is 0 Å². The average molecular weight is 279 g/mol. The molecule has 2 rings (SSSR count). The number of anilines is 2. The van der Waals surface area contributed by atoms with Gasteiger partial charge in [0.1, 0.15) is 5.82 Å². The average Bonchev–Trinajstić information content (AvgIpc) is 2.41. The minimum atomic E-state index is -0.360. The largest absolute Gasteiger partial charge is 0.381 e. The van der Waals surface area contributed by atoms with Crippen molar-refractivity contribution in [2.75, 3.05) is 24.3 Å². The first kappa shape index (κ1) is 13.7. The molecule has 2 aromatic rings. The number of hydrogen-bond donors (Lipinski definition) is 1. The summed E-state index contributed by atoms with van der Waals surface area (Å²) in [5.41, 5.74) is 2.63. The summed E-state index contributed by atoms with van der Waals surface area (Å²) in [6.45, 7) is 0.410. The fraction of sp³-hybridized carbons (Fsp3) is 0.200. The SMILES string of the molecule is CN(C)c1ccc(NCc2cccc(Cl)c2F)cc1. The molecule has 0 atom stereocenters. The van der Waals surface area contributed by atoms with E-state index in [0.717, 1.165) is 11.4 Å². The molecule has 2 nitrogen and oxygen atoms in total. The second kappa shape index (κ2) is 5.93. The quantitative estimate of drug-likeness (QED) is 0.903. The second-order valence-electron chi connectivity index (χ2n) is 4.51. The van der Waals surface area contributed by atoms with Crippen LogP contribution in [0.1, 0.15) is 5.56 Å². The zero-order valence-corrected chi connectivity index (χ0v) is 11.7. The van der Waals surface area contributed by atoms with Gasteiger partial charge in [-0.1, -0.05) is 23.7 Å². The lowest BCUT2D eigenvalue weighted by Gasteiger charge is -2.13. The van der Waals surface area contributed by atoms with E-state index in [1.54, 1.807) is 18.2 Å². The Hall–Kier alpha value is -1.74. The van der Waals surface area contributed by atoms with Crippen LogP contribution in [-0.4, -0.2) is 14.1 Å². The number of benzene rings is 2. The van der Waals surface area contributed by atoms with Gasteiger partial charge in [-0.3, -0.25) is 0 Å². The standard InChI is InChI=1S/C15H16ClFN2/c1-19(2)13-8-6-12(7-9-13)18-10-11-4-3-5-14(16)15(11)17/h3-9,18H,10H2,1-2H3. The van der Waals surface area contributed by atoms with Crippen molar-refractivity contribution < 1.29 is 4.39 Å². The van der Waals surface area contributed by atoms with Gasteiger partial charge in [-0.2, -0.15) is 0 Å². The molecule has 100 valence electrons. The summed E-state index contributed by atoms with van der Waals surface area (Å²) in [7, 11) is 3.98. The molecule has 0 unspecified atom stereocenters. The van der Waals surface area contributed by atoms with Gasteiger partial charge in [-0.05, 0) is 30.3 Å². The summed E-state index contributed by atoms with van der Waals surface area (Å²) in [6, 6.07) is 13.0. The Morgan fingerprint density at radius 2 is 1.79 bits per heavy atom. The minimum Gasteiger partial charge on any atom is -0.381 e. The molecule has 0 aliphatic carbocycles. The molecule has 2 aromatic carbocycles. The molecule has 0 heterocycles. The third-order valence-electron chi connectivity index (χ3n) is 2.90. The molecule has 1 N–H and O–H groups in total. The highest BCUT2D eigenvalue weighted by molar-refractivity contribution is 6.30. The molecule has 0 fully saturated rings. The van der Waals surface area contributed by atoms with E-state index in [1.807, 2.05) is 43.3 Å². The molecule has 19 heavy (non-hydrogen) atoms. The van der Waals surface area contributed by atoms with Crippen LogP contribution in [0.2, 0.25) is 5.02 Å². The molecule has 0 saturated heterocycles. The lowest BCUT2D eigenvalue weighted by Crippen LogP contribution is -2.08. The molecular formula is C15H16ClFN2. The molecule has 0 amide bonds. The normalized spacial score (nSPS) is 10.3. The zero-order chi connectivity index (χ0) is 13.8. The summed E-state index contributed by atoms with van der Waals surface area (Å²) in [4.78, 5) is 2.03. The molecule has 0 saturated carbocycles. The Morgan fingerprint density at radius 1 is 1.11 bits per heavy atom. The lowest BCUT2D eigenvalue weighted by atomic mass is 10.2. The molecule has 0 bridgehead atoms. The molecular weight excluding hydrogens is 263 g/mol. The summed E-state index contributed by atoms with van der Waals surface area (Å²) >= 11 is 5.74. The predicted molar refractivity (Wildman–Crippen MR) is 79.5 cm³/mol. The van der Waals surface area contributed by atoms with Gasteiger partial charge in [0.05, 0.1) is 5.02 Å². The highest BCUT2D eigenvalue weighted by atomic mass is 35.5. The Morgan fingerprint density at radius 3 is 2.42 bits per heavy atom. The number of halogens is 2. The summed E-state index contributed by atoms with van der Waals surface area (Å²) < 4.78 is 13.7. The number of nitrogens with zero attached hydrogens (tertiary/aromatic N) is 1. The molecule has 0 aromatic heterocycles. The minimum absolute atomic E-state index is 0.155. The van der Waals surface area contributed by atoms with E-state index in [-0.39, 0.29) is 10.8 Å². The van der Waals surface area contributed by atoms with E-state index in [2.05, 4.69) is 5.32 Å². The van der Waals surface area contributed by atoms with Crippen LogP contribution in [0.15, 0.2) is 42.5 Å². The van der Waals surface area contributed by atoms with Gasteiger partial charge in [0, 0.05) is 37.6 Å². The molecule has 4 heteroatoms. The predicted octanol–water partition coefficient (Wildman–Crippen LogP) is 4.16. The first-order valence-electron chi connectivity index (χ1n) is 6.02. The van der Waals surface area contributed by atoms with Crippen molar-refractivity contribution in [3.63, 3.8) is 0 Å². The monoisotopic (exact) mass is 278 g/mol. The lowest BCUT2D eigenvalue weighted by molar-refractivity contribution is 0.613. The van der Waals surface area contributed by atoms with Crippen molar-refractivity contribution in [1.82, 2.24) is 0 Å². The van der Waals surface area contributed by atoms with Gasteiger partial charge in [0.25, 0.3) is 0 Å². The Kier molecular flexibility index (Phi) is 4.27. The van der Waals surface area contributed by atoms with E-state index < -0.39 is 0 Å². The topological polar surface area (TPSA) is 15.3 Å². The molecule has 0 radical (unpaired) electrons. The molecule has 0 aliphatic rings. The Bertz CT molecular complexity index is 553. The van der Waals surface area contributed by atoms with Crippen LogP contribution < -0.4 is 10.2 Å². The maximum absolute atomic E-state index is 13.7. The van der Waals surface area contributed by atoms with Gasteiger partial charge in [-0.25, -0.2) is 4.39 Å². The van der Waals surface area contributed by atoms with Gasteiger partial charge in [0.2, 0.25) is 0 Å². The van der Waals surface area contributed by atoms with Crippen LogP contribution in [0, 0.1) is 5.82 Å². The van der Waals surface area contributed by atoms with E-state index in [0.29, 0.717) is 12.1 Å². The fourth-order valence-corrected chi connectivity index (χ4v) is 1.95. The summed E-state index contributed by atoms with van der Waals surface area (Å²) in [5.74, 6) is -0.360. The van der Waals surface area contributed by atoms with Crippen LogP contribution >= 0.6 is 11.6 Å². The van der Waals surface area contributed by atoms with E-state index in [1.165, 1.54) is 0 Å². The van der Waals surface area contributed by atoms with Crippen molar-refractivity contribution in [2.45, 2.75) is 6.54 Å². The van der Waals surface area contributed by atoms with Crippen molar-refractivity contribution in [3.05, 3.63) is 58.9 Å². The maximum atomic E-state index is 13.7. The van der Waals surface area contributed by atoms with Crippen molar-refractivity contribution >= 4 is 23.0 Å². The van der Waals surface area contributed by atoms with E-state index in [9.17, 15) is 4.39 Å². The maximum Gasteiger partial charge on any atom is 0.146 e. The highest BCUT2D eigenvalue weighted by Gasteiger charge is 2.05. The van der Waals surface area contributed by atoms with Crippen LogP contribution in [-0.2, 0) is 6.54 Å². The molecule has 0 aliphatic heterocycles. The number of hydrogen-bond acceptors (Lipinski definition) is 2. The third-order valence-corrected chi connectivity index (χ3v) is 3.19. The van der Waals surface area contributed by atoms with Gasteiger partial charge >= 0.3 is 0 Å². The highest BCUT2D eigenvalue weighted by Crippen LogP contribution is 2.20. The summed E-state index contributed by atoms with van der Waals surface area (Å²) in [6.07, 6.45) is 0. The van der Waals surface area contributed by atoms with Crippen LogP contribution in [0.4, 0.5) is 15.8 Å². The summed E-state index contributed by atoms with van der Waals surface area (Å²) in [5, 5.41) is 3.33. The van der Waals surface area contributed by atoms with Crippen molar-refractivity contribution in [3.8, 4) is 0 Å². The Labute approximate surface area is 117 Å². The third kappa shape index (κ3) is 3.38. The van der Waals surface area contributed by atoms with Crippen molar-refractivity contribution in [1.29, 1.82) is 0 Å². The fourth-order valence-electron chi connectivity index (χ4n) is 1.76. The van der Waals surface area contributed by atoms with Crippen LogP contribution in [0.25, 0.3) is 0 Å². The second-order valence-corrected chi connectivity index (χ2v) is 4.91. The zero-order valence-electron chi connectivity index (χ0n) is 11.0. The van der Waals surface area contributed by atoms with Crippen molar-refractivity contribution in [2.24, 2.45) is 0 Å². The van der Waals surface area contributed by atoms with Gasteiger partial charge < -0.3 is 10.2 Å². The van der Waals surface area contributed by atoms with Crippen LogP contribution in [0.5, 0.6) is 0 Å². The van der Waals surface area contributed by atoms with Gasteiger partial charge in [0.15, 0.2) is 0 Å². The molecule has 0 spiro atoms. The van der Waals surface area contributed by atoms with E-state index in [4.69, 9.17) is 11.6 Å². The number of rotatable bonds is 4. The smallest absolute Gasteiger partial charge is 0.146 e. The number of nitrogens with one attached hydrogen (secondary N) is 1. The first-order chi connectivity index (χ1) is 9.08. The van der Waals surface area contributed by atoms with Gasteiger partial charge in [-0.15, -0.1) is 0 Å². The van der Waals surface area contributed by atoms with Crippen LogP contribution in [0.3, 0.4) is 0 Å².